The highest BCUT2D eigenvalue weighted by Crippen LogP contribution is 2.18. The Balaban J connectivity index is 2.00. The number of fused-ring (bicyclic) bond motifs is 1. The number of aromatic nitrogens is 4. The Hall–Kier alpha value is -2.86. The number of nitrogens with zero attached hydrogens (tertiary/aromatic N) is 4. The van der Waals surface area contributed by atoms with E-state index in [0.717, 1.165) is 11.3 Å². The molecule has 6 heteroatoms. The van der Waals surface area contributed by atoms with Gasteiger partial charge in [-0.2, -0.15) is 0 Å². The molecule has 0 amide bonds. The number of benzene rings is 2. The predicted octanol–water partition coefficient (Wildman–Crippen LogP) is 3.35. The molecule has 124 valence electrons. The van der Waals surface area contributed by atoms with Gasteiger partial charge in [0.25, 0.3) is 5.56 Å². The average Bonchev–Trinajstić information content (AvgIpc) is 2.94. The Morgan fingerprint density at radius 1 is 1.00 bits per heavy atom. The number of hydrogen-bond donors (Lipinski definition) is 0. The van der Waals surface area contributed by atoms with Crippen LogP contribution in [-0.2, 0) is 6.54 Å². The summed E-state index contributed by atoms with van der Waals surface area (Å²) in [6, 6.07) is 19.7. The Labute approximate surface area is 148 Å². The van der Waals surface area contributed by atoms with Crippen molar-refractivity contribution in [3.8, 4) is 5.69 Å². The van der Waals surface area contributed by atoms with Crippen LogP contribution in [0.3, 0.4) is 0 Å². The molecule has 5 nitrogen and oxygen atoms in total. The molecule has 0 aliphatic carbocycles. The maximum Gasteiger partial charge on any atom is 0.278 e. The van der Waals surface area contributed by atoms with Crippen LogP contribution in [0, 0.1) is 0 Å². The first-order chi connectivity index (χ1) is 12.3. The van der Waals surface area contributed by atoms with Crippen LogP contribution >= 0.6 is 11.8 Å². The predicted molar refractivity (Wildman–Crippen MR) is 100 cm³/mol. The van der Waals surface area contributed by atoms with Crippen LogP contribution in [0.2, 0.25) is 0 Å². The van der Waals surface area contributed by atoms with Crippen molar-refractivity contribution in [2.24, 2.45) is 0 Å². The molecule has 2 aromatic carbocycles. The molecule has 0 atom stereocenters. The summed E-state index contributed by atoms with van der Waals surface area (Å²) < 4.78 is 3.60. The van der Waals surface area contributed by atoms with E-state index in [-0.39, 0.29) is 5.56 Å². The van der Waals surface area contributed by atoms with Crippen molar-refractivity contribution in [1.29, 1.82) is 0 Å². The first-order valence-corrected chi connectivity index (χ1v) is 9.12. The van der Waals surface area contributed by atoms with Crippen LogP contribution < -0.4 is 5.56 Å². The molecule has 0 unspecified atom stereocenters. The lowest BCUT2D eigenvalue weighted by Crippen LogP contribution is -2.22. The molecule has 0 bridgehead atoms. The van der Waals surface area contributed by atoms with E-state index in [1.54, 1.807) is 10.9 Å². The molecule has 4 aromatic rings. The summed E-state index contributed by atoms with van der Waals surface area (Å²) in [5.74, 6) is 0. The maximum absolute atomic E-state index is 13.0. The summed E-state index contributed by atoms with van der Waals surface area (Å²) in [4.78, 5) is 21.8. The van der Waals surface area contributed by atoms with Crippen molar-refractivity contribution in [2.75, 3.05) is 6.26 Å². The summed E-state index contributed by atoms with van der Waals surface area (Å²) in [7, 11) is 0. The van der Waals surface area contributed by atoms with Gasteiger partial charge in [0.05, 0.1) is 12.2 Å². The van der Waals surface area contributed by atoms with Crippen molar-refractivity contribution in [3.63, 3.8) is 0 Å². The van der Waals surface area contributed by atoms with E-state index in [1.807, 2.05) is 71.6 Å². The minimum atomic E-state index is -0.0876. The lowest BCUT2D eigenvalue weighted by molar-refractivity contribution is 0.594. The van der Waals surface area contributed by atoms with Gasteiger partial charge >= 0.3 is 0 Å². The van der Waals surface area contributed by atoms with Crippen LogP contribution in [-0.4, -0.2) is 25.6 Å². The largest absolute Gasteiger partial charge is 0.278 e. The number of rotatable bonds is 4. The van der Waals surface area contributed by atoms with Gasteiger partial charge in [0.15, 0.2) is 10.8 Å². The Kier molecular flexibility index (Phi) is 4.11. The molecule has 0 N–H and O–H groups in total. The zero-order chi connectivity index (χ0) is 17.2. The summed E-state index contributed by atoms with van der Waals surface area (Å²) >= 11 is 1.46. The van der Waals surface area contributed by atoms with Gasteiger partial charge in [-0.1, -0.05) is 60.3 Å². The number of thioether (sulfide) groups is 1. The molecule has 0 saturated carbocycles. The summed E-state index contributed by atoms with van der Waals surface area (Å²) in [5.41, 5.74) is 2.50. The van der Waals surface area contributed by atoms with E-state index < -0.39 is 0 Å². The molecule has 0 aliphatic heterocycles. The maximum atomic E-state index is 13.0. The van der Waals surface area contributed by atoms with Crippen LogP contribution in [0.1, 0.15) is 5.56 Å². The van der Waals surface area contributed by atoms with E-state index >= 15 is 0 Å². The minimum Gasteiger partial charge on any atom is -0.267 e. The molecular weight excluding hydrogens is 332 g/mol. The third-order valence-corrected chi connectivity index (χ3v) is 4.57. The molecule has 4 rings (SSSR count). The van der Waals surface area contributed by atoms with E-state index in [0.29, 0.717) is 22.7 Å². The SMILES string of the molecule is CSc1ncc2c(=O)n(Cc3ccccc3)n(-c3ccccc3)c2n1. The second kappa shape index (κ2) is 6.57. The molecule has 0 aliphatic rings. The highest BCUT2D eigenvalue weighted by atomic mass is 32.2. The zero-order valence-electron chi connectivity index (χ0n) is 13.7. The fraction of sp³-hybridized carbons (Fsp3) is 0.105. The quantitative estimate of drug-likeness (QED) is 0.419. The van der Waals surface area contributed by atoms with Crippen molar-refractivity contribution in [1.82, 2.24) is 19.3 Å². The summed E-state index contributed by atoms with van der Waals surface area (Å²) in [6.45, 7) is 0.472. The van der Waals surface area contributed by atoms with Crippen LogP contribution in [0.25, 0.3) is 16.7 Å². The van der Waals surface area contributed by atoms with Crippen molar-refractivity contribution >= 4 is 22.8 Å². The fourth-order valence-electron chi connectivity index (χ4n) is 2.84. The Morgan fingerprint density at radius 3 is 2.36 bits per heavy atom. The molecule has 2 heterocycles. The lowest BCUT2D eigenvalue weighted by atomic mass is 10.2. The average molecular weight is 348 g/mol. The van der Waals surface area contributed by atoms with Crippen LogP contribution in [0.15, 0.2) is 76.8 Å². The highest BCUT2D eigenvalue weighted by Gasteiger charge is 2.17. The third-order valence-electron chi connectivity index (χ3n) is 4.01. The molecular formula is C19H16N4OS. The first-order valence-electron chi connectivity index (χ1n) is 7.90. The van der Waals surface area contributed by atoms with E-state index in [4.69, 9.17) is 0 Å². The first kappa shape index (κ1) is 15.7. The van der Waals surface area contributed by atoms with Gasteiger partial charge in [0.1, 0.15) is 5.39 Å². The topological polar surface area (TPSA) is 52.7 Å². The summed E-state index contributed by atoms with van der Waals surface area (Å²) in [5, 5.41) is 1.17. The van der Waals surface area contributed by atoms with Gasteiger partial charge in [-0.3, -0.25) is 4.79 Å². The van der Waals surface area contributed by atoms with Gasteiger partial charge in [-0.15, -0.1) is 0 Å². The van der Waals surface area contributed by atoms with E-state index in [1.165, 1.54) is 11.8 Å². The van der Waals surface area contributed by atoms with Crippen LogP contribution in [0.4, 0.5) is 0 Å². The Morgan fingerprint density at radius 2 is 1.68 bits per heavy atom. The van der Waals surface area contributed by atoms with E-state index in [2.05, 4.69) is 9.97 Å². The standard InChI is InChI=1S/C19H16N4OS/c1-25-19-20-12-16-17(21-19)23(15-10-6-3-7-11-15)22(18(16)24)13-14-8-4-2-5-9-14/h2-12H,13H2,1H3. The van der Waals surface area contributed by atoms with Crippen LogP contribution in [0.5, 0.6) is 0 Å². The second-order valence-electron chi connectivity index (χ2n) is 5.59. The zero-order valence-corrected chi connectivity index (χ0v) is 14.5. The normalized spacial score (nSPS) is 11.1. The number of para-hydroxylation sites is 1. The third kappa shape index (κ3) is 2.85. The molecule has 0 saturated heterocycles. The smallest absolute Gasteiger partial charge is 0.267 e. The monoisotopic (exact) mass is 348 g/mol. The van der Waals surface area contributed by atoms with Gasteiger partial charge in [0.2, 0.25) is 0 Å². The molecule has 2 aromatic heterocycles. The van der Waals surface area contributed by atoms with Crippen molar-refractivity contribution in [2.45, 2.75) is 11.7 Å². The molecule has 0 radical (unpaired) electrons. The van der Waals surface area contributed by atoms with Crippen molar-refractivity contribution in [3.05, 3.63) is 82.8 Å². The second-order valence-corrected chi connectivity index (χ2v) is 6.36. The molecule has 0 spiro atoms. The van der Waals surface area contributed by atoms with Gasteiger partial charge < -0.3 is 0 Å². The molecule has 0 fully saturated rings. The van der Waals surface area contributed by atoms with Gasteiger partial charge in [0, 0.05) is 6.20 Å². The Bertz CT molecular complexity index is 1070. The minimum absolute atomic E-state index is 0.0876. The van der Waals surface area contributed by atoms with Gasteiger partial charge in [-0.05, 0) is 24.0 Å². The van der Waals surface area contributed by atoms with Gasteiger partial charge in [-0.25, -0.2) is 19.3 Å². The lowest BCUT2D eigenvalue weighted by Gasteiger charge is -2.12. The van der Waals surface area contributed by atoms with Crippen molar-refractivity contribution < 1.29 is 0 Å². The van der Waals surface area contributed by atoms with E-state index in [9.17, 15) is 4.79 Å². The fourth-order valence-corrected chi connectivity index (χ4v) is 3.18. The highest BCUT2D eigenvalue weighted by molar-refractivity contribution is 7.98. The number of hydrogen-bond acceptors (Lipinski definition) is 4. The molecule has 25 heavy (non-hydrogen) atoms. The summed E-state index contributed by atoms with van der Waals surface area (Å²) in [6.07, 6.45) is 3.55.